The number of carbonyl (C=O) groups is 2. The fraction of sp³-hybridized carbons (Fsp3) is 0.588. The normalized spacial score (nSPS) is 20.4. The molecule has 15 heteroatoms. The van der Waals surface area contributed by atoms with Crippen molar-refractivity contribution >= 4 is 58.3 Å². The number of unbranched alkanes of at least 4 members (excludes halogenated alkanes) is 2. The molecule has 270 valence electrons. The van der Waals surface area contributed by atoms with Crippen LogP contribution < -0.4 is 20.4 Å². The highest BCUT2D eigenvalue weighted by Crippen LogP contribution is 2.41. The van der Waals surface area contributed by atoms with Gasteiger partial charge in [0.1, 0.15) is 18.3 Å². The van der Waals surface area contributed by atoms with E-state index in [4.69, 9.17) is 28.3 Å². The van der Waals surface area contributed by atoms with Crippen molar-refractivity contribution in [3.63, 3.8) is 0 Å². The van der Waals surface area contributed by atoms with E-state index in [1.165, 1.54) is 12.8 Å². The van der Waals surface area contributed by atoms with Crippen molar-refractivity contribution in [1.82, 2.24) is 15.5 Å². The quantitative estimate of drug-likeness (QED) is 0.127. The summed E-state index contributed by atoms with van der Waals surface area (Å²) >= 11 is 15.2. The smallest absolute Gasteiger partial charge is 0.314 e. The molecule has 0 unspecified atom stereocenters. The fourth-order valence-corrected chi connectivity index (χ4v) is 8.06. The lowest BCUT2D eigenvalue weighted by Crippen LogP contribution is -2.52. The van der Waals surface area contributed by atoms with Crippen LogP contribution >= 0.6 is 35.0 Å². The van der Waals surface area contributed by atoms with Gasteiger partial charge in [-0.2, -0.15) is 0 Å². The third-order valence-corrected chi connectivity index (χ3v) is 11.1. The van der Waals surface area contributed by atoms with Crippen molar-refractivity contribution in [2.45, 2.75) is 81.6 Å². The highest BCUT2D eigenvalue weighted by molar-refractivity contribution is 7.99. The predicted molar refractivity (Wildman–Crippen MR) is 192 cm³/mol. The van der Waals surface area contributed by atoms with E-state index in [0.717, 1.165) is 53.5 Å². The Labute approximate surface area is 301 Å². The average molecular weight is 741 g/mol. The molecule has 0 bridgehead atoms. The van der Waals surface area contributed by atoms with E-state index in [2.05, 4.69) is 32.6 Å². The molecule has 1 saturated heterocycles. The molecule has 3 amide bonds. The number of benzene rings is 2. The molecule has 7 N–H and O–H groups in total. The van der Waals surface area contributed by atoms with Crippen molar-refractivity contribution in [1.29, 1.82) is 0 Å². The number of para-hydroxylation sites is 2. The molecule has 3 aliphatic rings. The summed E-state index contributed by atoms with van der Waals surface area (Å²) in [5, 5.41) is 54.0. The second kappa shape index (κ2) is 17.7. The maximum absolute atomic E-state index is 14.0. The number of aryl methyl sites for hydroxylation is 1. The van der Waals surface area contributed by atoms with Crippen LogP contribution in [0.4, 0.5) is 16.2 Å². The predicted octanol–water partition coefficient (Wildman–Crippen LogP) is 2.33. The summed E-state index contributed by atoms with van der Waals surface area (Å²) in [5.41, 5.74) is 3.98. The van der Waals surface area contributed by atoms with Gasteiger partial charge in [-0.15, -0.1) is 11.8 Å². The van der Waals surface area contributed by atoms with E-state index in [1.54, 1.807) is 11.8 Å². The molecule has 0 spiro atoms. The molecular formula is C34H47Cl2N5O7S. The number of aliphatic hydroxyl groups excluding tert-OH is 5. The number of carbonyl (C=O) groups excluding carboxylic acids is 2. The van der Waals surface area contributed by atoms with Gasteiger partial charge in [0.25, 0.3) is 0 Å². The Bertz CT molecular complexity index is 1440. The first-order valence-corrected chi connectivity index (χ1v) is 18.8. The Hall–Kier alpha value is -2.33. The van der Waals surface area contributed by atoms with Crippen LogP contribution in [0.25, 0.3) is 0 Å². The number of halogens is 2. The van der Waals surface area contributed by atoms with Crippen LogP contribution in [0.5, 0.6) is 0 Å². The van der Waals surface area contributed by atoms with Gasteiger partial charge in [0.05, 0.1) is 30.1 Å². The molecule has 49 heavy (non-hydrogen) atoms. The molecule has 12 nitrogen and oxygen atoms in total. The van der Waals surface area contributed by atoms with E-state index in [0.29, 0.717) is 48.6 Å². The standard InChI is InChI=1S/C34H47Cl2N5O7S/c35-24-15-22(17-39-20-49-19-28(39)33(47)41-13-12-40(23-9-10-23)26-7-3-4-8-27(26)41)25(36)14-21(24)6-2-1-5-11-37-34(48)38-16-29(43)31(45)32(46)30(44)18-42/h3-4,7-8,14-15,23,28-32,42-46H,1-2,5-6,9-13,16-20H2,(H2,37,38,48)/t28-,29-,30+,31+,32+/m0/s1. The van der Waals surface area contributed by atoms with Crippen molar-refractivity contribution in [2.75, 3.05) is 54.2 Å². The van der Waals surface area contributed by atoms with Crippen LogP contribution in [-0.4, -0.2) is 123 Å². The van der Waals surface area contributed by atoms with Crippen LogP contribution in [0.15, 0.2) is 36.4 Å². The zero-order valence-electron chi connectivity index (χ0n) is 27.4. The van der Waals surface area contributed by atoms with Crippen LogP contribution in [0.2, 0.25) is 10.0 Å². The zero-order valence-corrected chi connectivity index (χ0v) is 29.7. The maximum Gasteiger partial charge on any atom is 0.314 e. The molecule has 2 fully saturated rings. The first kappa shape index (κ1) is 37.9. The largest absolute Gasteiger partial charge is 0.394 e. The summed E-state index contributed by atoms with van der Waals surface area (Å²) < 4.78 is 0. The molecule has 1 saturated carbocycles. The van der Waals surface area contributed by atoms with Crippen molar-refractivity contribution in [2.24, 2.45) is 0 Å². The van der Waals surface area contributed by atoms with Crippen LogP contribution in [0.3, 0.4) is 0 Å². The Morgan fingerprint density at radius 1 is 0.898 bits per heavy atom. The lowest BCUT2D eigenvalue weighted by molar-refractivity contribution is -0.122. The SMILES string of the molecule is O=C(NCCCCCc1cc(Cl)c(CN2CSC[C@H]2C(=O)N2CCN(C3CC3)c3ccccc32)cc1Cl)NC[C@H](O)[C@@H](O)[C@H](O)[C@H](O)CO. The summed E-state index contributed by atoms with van der Waals surface area (Å²) in [4.78, 5) is 32.6. The molecule has 0 aromatic heterocycles. The first-order valence-electron chi connectivity index (χ1n) is 16.9. The summed E-state index contributed by atoms with van der Waals surface area (Å²) in [6.45, 7) is 1.33. The maximum atomic E-state index is 14.0. The van der Waals surface area contributed by atoms with E-state index in [9.17, 15) is 30.0 Å². The van der Waals surface area contributed by atoms with E-state index < -0.39 is 37.1 Å². The monoisotopic (exact) mass is 739 g/mol. The van der Waals surface area contributed by atoms with Gasteiger partial charge in [0.15, 0.2) is 0 Å². The molecule has 2 aromatic carbocycles. The highest BCUT2D eigenvalue weighted by atomic mass is 35.5. The minimum absolute atomic E-state index is 0.130. The van der Waals surface area contributed by atoms with E-state index >= 15 is 0 Å². The lowest BCUT2D eigenvalue weighted by Gasteiger charge is -2.39. The van der Waals surface area contributed by atoms with E-state index in [-0.39, 0.29) is 18.5 Å². The number of thioether (sulfide) groups is 1. The topological polar surface area (TPSA) is 169 Å². The minimum atomic E-state index is -1.75. The number of anilines is 2. The zero-order chi connectivity index (χ0) is 35.1. The van der Waals surface area contributed by atoms with Gasteiger partial charge in [0.2, 0.25) is 5.91 Å². The van der Waals surface area contributed by atoms with Gasteiger partial charge in [0, 0.05) is 60.4 Å². The Morgan fingerprint density at radius 2 is 1.59 bits per heavy atom. The second-order valence-electron chi connectivity index (χ2n) is 12.9. The van der Waals surface area contributed by atoms with Crippen LogP contribution in [0, 0.1) is 0 Å². The van der Waals surface area contributed by atoms with E-state index in [1.807, 2.05) is 29.2 Å². The molecular weight excluding hydrogens is 693 g/mol. The molecule has 2 heterocycles. The van der Waals surface area contributed by atoms with Crippen molar-refractivity contribution in [3.05, 3.63) is 57.6 Å². The Kier molecular flexibility index (Phi) is 13.7. The average Bonchev–Trinajstić information content (AvgIpc) is 3.85. The number of nitrogens with one attached hydrogen (secondary N) is 2. The summed E-state index contributed by atoms with van der Waals surface area (Å²) in [6, 6.07) is 11.9. The molecule has 2 aromatic rings. The summed E-state index contributed by atoms with van der Waals surface area (Å²) in [5.74, 6) is 1.60. The number of hydrogen-bond acceptors (Lipinski definition) is 10. The van der Waals surface area contributed by atoms with Gasteiger partial charge in [-0.25, -0.2) is 4.79 Å². The Morgan fingerprint density at radius 3 is 2.33 bits per heavy atom. The number of hydrogen-bond donors (Lipinski definition) is 7. The van der Waals surface area contributed by atoms with Gasteiger partial charge >= 0.3 is 6.03 Å². The molecule has 5 atom stereocenters. The Balaban J connectivity index is 1.05. The van der Waals surface area contributed by atoms with Gasteiger partial charge in [-0.3, -0.25) is 9.69 Å². The first-order chi connectivity index (χ1) is 23.6. The molecule has 5 rings (SSSR count). The van der Waals surface area contributed by atoms with Gasteiger partial charge in [-0.05, 0) is 67.5 Å². The third-order valence-electron chi connectivity index (χ3n) is 9.35. The molecule has 2 aliphatic heterocycles. The molecule has 1 aliphatic carbocycles. The third kappa shape index (κ3) is 9.72. The van der Waals surface area contributed by atoms with Crippen molar-refractivity contribution in [3.8, 4) is 0 Å². The number of nitrogens with zero attached hydrogens (tertiary/aromatic N) is 3. The molecule has 0 radical (unpaired) electrons. The van der Waals surface area contributed by atoms with Crippen LogP contribution in [-0.2, 0) is 17.8 Å². The van der Waals surface area contributed by atoms with Gasteiger partial charge in [-0.1, -0.05) is 41.8 Å². The number of amides is 3. The minimum Gasteiger partial charge on any atom is -0.394 e. The number of aliphatic hydroxyl groups is 5. The number of rotatable bonds is 16. The van der Waals surface area contributed by atoms with Crippen molar-refractivity contribution < 1.29 is 35.1 Å². The summed E-state index contributed by atoms with van der Waals surface area (Å²) in [7, 11) is 0. The summed E-state index contributed by atoms with van der Waals surface area (Å²) in [6.07, 6.45) is -1.14. The fourth-order valence-electron chi connectivity index (χ4n) is 6.34. The number of urea groups is 1. The highest BCUT2D eigenvalue weighted by Gasteiger charge is 2.40. The second-order valence-corrected chi connectivity index (χ2v) is 14.8. The lowest BCUT2D eigenvalue weighted by atomic mass is 10.0. The number of fused-ring (bicyclic) bond motifs is 1. The van der Waals surface area contributed by atoms with Gasteiger partial charge < -0.3 is 46.0 Å². The van der Waals surface area contributed by atoms with Crippen LogP contribution in [0.1, 0.15) is 43.2 Å².